The number of hydrogen-bond acceptors (Lipinski definition) is 4. The Kier molecular flexibility index (Phi) is 5.83. The van der Waals surface area contributed by atoms with Crippen molar-refractivity contribution in [3.8, 4) is 0 Å². The maximum atomic E-state index is 12.2. The van der Waals surface area contributed by atoms with Crippen molar-refractivity contribution in [1.82, 2.24) is 4.90 Å². The summed E-state index contributed by atoms with van der Waals surface area (Å²) in [6, 6.07) is 0.286. The van der Waals surface area contributed by atoms with Gasteiger partial charge in [0.05, 0.1) is 11.0 Å². The normalized spacial score (nSPS) is 29.0. The number of carbonyl (C=O) groups excluding carboxylic acids is 1. The van der Waals surface area contributed by atoms with E-state index >= 15 is 0 Å². The SMILES string of the molecule is CC(C)S(=O)(=O)CCN1CCCCC1C1CCCCC1=O. The van der Waals surface area contributed by atoms with E-state index in [1.165, 1.54) is 6.42 Å². The molecule has 0 radical (unpaired) electrons. The van der Waals surface area contributed by atoms with E-state index in [0.717, 1.165) is 45.1 Å². The van der Waals surface area contributed by atoms with Crippen LogP contribution in [0.1, 0.15) is 58.8 Å². The van der Waals surface area contributed by atoms with E-state index in [1.807, 2.05) is 0 Å². The molecule has 2 rings (SSSR count). The van der Waals surface area contributed by atoms with Crippen LogP contribution >= 0.6 is 0 Å². The molecule has 0 spiro atoms. The maximum Gasteiger partial charge on any atom is 0.153 e. The molecule has 5 heteroatoms. The minimum absolute atomic E-state index is 0.154. The van der Waals surface area contributed by atoms with Gasteiger partial charge in [-0.3, -0.25) is 9.69 Å². The molecule has 4 nitrogen and oxygen atoms in total. The summed E-state index contributed by atoms with van der Waals surface area (Å²) >= 11 is 0. The lowest BCUT2D eigenvalue weighted by Gasteiger charge is -2.41. The van der Waals surface area contributed by atoms with Crippen molar-refractivity contribution in [3.63, 3.8) is 0 Å². The number of carbonyl (C=O) groups is 1. The topological polar surface area (TPSA) is 54.5 Å². The van der Waals surface area contributed by atoms with E-state index < -0.39 is 9.84 Å². The zero-order chi connectivity index (χ0) is 15.5. The van der Waals surface area contributed by atoms with Gasteiger partial charge >= 0.3 is 0 Å². The highest BCUT2D eigenvalue weighted by molar-refractivity contribution is 7.92. The summed E-state index contributed by atoms with van der Waals surface area (Å²) in [6.45, 7) is 5.03. The number of likely N-dealkylation sites (tertiary alicyclic amines) is 1. The summed E-state index contributed by atoms with van der Waals surface area (Å²) in [4.78, 5) is 14.5. The van der Waals surface area contributed by atoms with Gasteiger partial charge in [-0.05, 0) is 46.1 Å². The van der Waals surface area contributed by atoms with E-state index in [4.69, 9.17) is 0 Å². The molecule has 0 aromatic carbocycles. The van der Waals surface area contributed by atoms with E-state index in [0.29, 0.717) is 12.3 Å². The molecule has 0 N–H and O–H groups in total. The largest absolute Gasteiger partial charge is 0.299 e. The fourth-order valence-electron chi connectivity index (χ4n) is 3.65. The Morgan fingerprint density at radius 1 is 1.14 bits per heavy atom. The number of ketones is 1. The lowest BCUT2D eigenvalue weighted by Crippen LogP contribution is -2.49. The predicted molar refractivity (Wildman–Crippen MR) is 85.1 cm³/mol. The van der Waals surface area contributed by atoms with Crippen molar-refractivity contribution in [3.05, 3.63) is 0 Å². The van der Waals surface area contributed by atoms with Crippen molar-refractivity contribution in [2.24, 2.45) is 5.92 Å². The van der Waals surface area contributed by atoms with Crippen LogP contribution in [0.4, 0.5) is 0 Å². The average Bonchev–Trinajstić information content (AvgIpc) is 2.46. The van der Waals surface area contributed by atoms with Crippen LogP contribution in [-0.2, 0) is 14.6 Å². The van der Waals surface area contributed by atoms with Gasteiger partial charge in [0.25, 0.3) is 0 Å². The molecule has 21 heavy (non-hydrogen) atoms. The van der Waals surface area contributed by atoms with Crippen LogP contribution in [0.25, 0.3) is 0 Å². The first-order valence-corrected chi connectivity index (χ1v) is 10.1. The summed E-state index contributed by atoms with van der Waals surface area (Å²) in [6.07, 6.45) is 7.24. The fourth-order valence-corrected chi connectivity index (χ4v) is 4.61. The van der Waals surface area contributed by atoms with Crippen LogP contribution in [0.15, 0.2) is 0 Å². The number of hydrogen-bond donors (Lipinski definition) is 0. The second-order valence-corrected chi connectivity index (χ2v) is 9.51. The van der Waals surface area contributed by atoms with Gasteiger partial charge in [0.1, 0.15) is 5.78 Å². The lowest BCUT2D eigenvalue weighted by atomic mass is 9.79. The predicted octanol–water partition coefficient (Wildman–Crippen LogP) is 2.42. The molecule has 1 aliphatic carbocycles. The van der Waals surface area contributed by atoms with E-state index in [1.54, 1.807) is 13.8 Å². The standard InChI is InChI=1S/C16H29NO3S/c1-13(2)21(19,20)12-11-17-10-6-5-8-15(17)14-7-3-4-9-16(14)18/h13-15H,3-12H2,1-2H3. The lowest BCUT2D eigenvalue weighted by molar-refractivity contribution is -0.127. The third-order valence-electron chi connectivity index (χ3n) is 5.11. The highest BCUT2D eigenvalue weighted by atomic mass is 32.2. The Labute approximate surface area is 129 Å². The molecule has 0 bridgehead atoms. The molecule has 1 aliphatic heterocycles. The number of sulfone groups is 1. The number of Topliss-reactive ketones (excluding diaryl/α,β-unsaturated/α-hetero) is 1. The minimum Gasteiger partial charge on any atom is -0.299 e. The van der Waals surface area contributed by atoms with E-state index in [2.05, 4.69) is 4.90 Å². The van der Waals surface area contributed by atoms with Crippen molar-refractivity contribution in [2.75, 3.05) is 18.8 Å². The zero-order valence-corrected chi connectivity index (χ0v) is 14.2. The molecule has 0 amide bonds. The van der Waals surface area contributed by atoms with Crippen molar-refractivity contribution < 1.29 is 13.2 Å². The molecule has 1 heterocycles. The highest BCUT2D eigenvalue weighted by Crippen LogP contribution is 2.31. The van der Waals surface area contributed by atoms with Gasteiger partial charge in [0.2, 0.25) is 0 Å². The molecule has 2 unspecified atom stereocenters. The molecule has 1 saturated carbocycles. The molecular formula is C16H29NO3S. The van der Waals surface area contributed by atoms with E-state index in [-0.39, 0.29) is 23.0 Å². The summed E-state index contributed by atoms with van der Waals surface area (Å²) in [5.74, 6) is 0.785. The second kappa shape index (κ2) is 7.23. The Morgan fingerprint density at radius 3 is 2.52 bits per heavy atom. The quantitative estimate of drug-likeness (QED) is 0.782. The van der Waals surface area contributed by atoms with Crippen molar-refractivity contribution in [2.45, 2.75) is 70.1 Å². The summed E-state index contributed by atoms with van der Waals surface area (Å²) in [7, 11) is -2.99. The molecule has 2 aliphatic rings. The van der Waals surface area contributed by atoms with Gasteiger partial charge in [0, 0.05) is 24.9 Å². The molecule has 1 saturated heterocycles. The van der Waals surface area contributed by atoms with Gasteiger partial charge in [0.15, 0.2) is 9.84 Å². The van der Waals surface area contributed by atoms with Crippen molar-refractivity contribution in [1.29, 1.82) is 0 Å². The minimum atomic E-state index is -2.99. The third kappa shape index (κ3) is 4.28. The van der Waals surface area contributed by atoms with Gasteiger partial charge in [-0.25, -0.2) is 8.42 Å². The van der Waals surface area contributed by atoms with Gasteiger partial charge in [-0.2, -0.15) is 0 Å². The molecule has 0 aromatic heterocycles. The summed E-state index contributed by atoms with van der Waals surface area (Å²) in [5, 5.41) is -0.308. The van der Waals surface area contributed by atoms with Crippen LogP contribution < -0.4 is 0 Å². The van der Waals surface area contributed by atoms with Crippen LogP contribution in [0.5, 0.6) is 0 Å². The molecular weight excluding hydrogens is 286 g/mol. The monoisotopic (exact) mass is 315 g/mol. The summed E-state index contributed by atoms with van der Waals surface area (Å²) in [5.41, 5.74) is 0. The Balaban J connectivity index is 2.00. The number of piperidine rings is 1. The van der Waals surface area contributed by atoms with Crippen LogP contribution in [0.2, 0.25) is 0 Å². The third-order valence-corrected chi connectivity index (χ3v) is 7.30. The first kappa shape index (κ1) is 16.9. The van der Waals surface area contributed by atoms with Crippen LogP contribution in [0.3, 0.4) is 0 Å². The van der Waals surface area contributed by atoms with Crippen LogP contribution in [0, 0.1) is 5.92 Å². The van der Waals surface area contributed by atoms with Gasteiger partial charge in [-0.15, -0.1) is 0 Å². The van der Waals surface area contributed by atoms with Gasteiger partial charge < -0.3 is 0 Å². The molecule has 0 aromatic rings. The zero-order valence-electron chi connectivity index (χ0n) is 13.4. The van der Waals surface area contributed by atoms with Crippen LogP contribution in [-0.4, -0.2) is 49.2 Å². The van der Waals surface area contributed by atoms with Gasteiger partial charge in [-0.1, -0.05) is 12.8 Å². The molecule has 2 atom stereocenters. The second-order valence-electron chi connectivity index (χ2n) is 6.83. The Morgan fingerprint density at radius 2 is 1.86 bits per heavy atom. The highest BCUT2D eigenvalue weighted by Gasteiger charge is 2.35. The maximum absolute atomic E-state index is 12.2. The first-order chi connectivity index (χ1) is 9.92. The Bertz CT molecular complexity index is 458. The smallest absolute Gasteiger partial charge is 0.153 e. The molecule has 2 fully saturated rings. The number of nitrogens with zero attached hydrogens (tertiary/aromatic N) is 1. The fraction of sp³-hybridized carbons (Fsp3) is 0.938. The molecule has 122 valence electrons. The number of rotatable bonds is 5. The van der Waals surface area contributed by atoms with E-state index in [9.17, 15) is 13.2 Å². The average molecular weight is 315 g/mol. The summed E-state index contributed by atoms with van der Waals surface area (Å²) < 4.78 is 24.1. The van der Waals surface area contributed by atoms with Crippen molar-refractivity contribution >= 4 is 15.6 Å². The Hall–Kier alpha value is -0.420. The first-order valence-electron chi connectivity index (χ1n) is 8.40.